The lowest BCUT2D eigenvalue weighted by atomic mass is 9.86. The van der Waals surface area contributed by atoms with E-state index < -0.39 is 43.8 Å². The molecule has 0 bridgehead atoms. The summed E-state index contributed by atoms with van der Waals surface area (Å²) in [7, 11) is 0. The second-order valence-electron chi connectivity index (χ2n) is 37.7. The smallest absolute Gasteiger partial charge is 0.411 e. The van der Waals surface area contributed by atoms with Crippen molar-refractivity contribution in [2.75, 3.05) is 29.6 Å². The Balaban J connectivity index is 0.000000146. The van der Waals surface area contributed by atoms with Crippen molar-refractivity contribution in [2.24, 2.45) is 5.73 Å². The van der Waals surface area contributed by atoms with Crippen LogP contribution in [0.15, 0.2) is 175 Å². The molecule has 136 heavy (non-hydrogen) atoms. The Morgan fingerprint density at radius 3 is 1.04 bits per heavy atom. The number of nitro groups is 2. The number of aromatic amines is 1. The highest BCUT2D eigenvalue weighted by Gasteiger charge is 2.56. The van der Waals surface area contributed by atoms with Crippen molar-refractivity contribution in [3.05, 3.63) is 274 Å². The number of fused-ring (bicyclic) bond motifs is 1. The summed E-state index contributed by atoms with van der Waals surface area (Å²) in [6.45, 7) is 17.1. The highest BCUT2D eigenvalue weighted by molar-refractivity contribution is 5.78. The van der Waals surface area contributed by atoms with Crippen LogP contribution in [0.2, 0.25) is 0 Å². The summed E-state index contributed by atoms with van der Waals surface area (Å²) in [4.78, 5) is 93.9. The van der Waals surface area contributed by atoms with E-state index in [9.17, 15) is 66.2 Å². The van der Waals surface area contributed by atoms with Crippen molar-refractivity contribution in [1.82, 2.24) is 29.2 Å². The zero-order valence-electron chi connectivity index (χ0n) is 76.9. The van der Waals surface area contributed by atoms with Crippen molar-refractivity contribution < 1.29 is 74.7 Å². The number of carbonyl (C=O) groups is 4. The maximum Gasteiger partial charge on any atom is 0.411 e. The molecular formula is C101H111F5N16O14. The van der Waals surface area contributed by atoms with Gasteiger partial charge in [-0.15, -0.1) is 0 Å². The Morgan fingerprint density at radius 2 is 0.699 bits per heavy atom. The third-order valence-electron chi connectivity index (χ3n) is 26.6. The average Bonchev–Trinajstić information content (AvgIpc) is 1.61. The number of nitriles is 4. The number of anilines is 3. The molecule has 8 aromatic carbocycles. The van der Waals surface area contributed by atoms with E-state index in [2.05, 4.69) is 27.8 Å². The molecule has 9 fully saturated rings. The van der Waals surface area contributed by atoms with Crippen LogP contribution in [-0.2, 0) is 23.7 Å². The predicted octanol–water partition coefficient (Wildman–Crippen LogP) is 20.8. The van der Waals surface area contributed by atoms with Crippen LogP contribution >= 0.6 is 0 Å². The fraction of sp³-hybridized carbons (Fsp3) is 0.436. The maximum atomic E-state index is 13.5. The standard InChI is InChI=1S/C25H25FN4O3.C24H25FN4O4.C24H27FN4O2.C17H23FN2O2.C7H3FN2O2.C4H8O/c1-25(2)22(16-4-6-17(26)7-5-16)30(24(32)33-25)19-10-8-18(9-11-19)29-21-12-3-15(14-27)13-20(21)28-23(29)31;1-24(2)22(16-4-6-17(25)7-5-16)28(23(30)33-24)19-10-8-18(9-11-19)27-20-12-3-15(14-26)13-21(20)29(31)32;1-24(2)22(16-4-6-17(25)7-5-16)29(23(30)31-24)19-10-8-18(9-11-19)28-21-12-3-15(14-26)13-20(21)27;1-17(2)15(11-3-5-12(18)6-4-11)20(16(21)22-17)14-9-7-13(19)8-10-14;8-6-2-1-5(4-9)3-7(6)10(11)12;1-2-4-5-3-1/h3-7,12-13,18-19,22H,8-11H2,1-2H3,(H,28,31);3-7,12-13,18-19,22,27H,8-11H2,1-2H3;3-7,12-13,18-19,22,28H,8-11,27H2,1-2H3;3-6,13-15H,7-10,19H2,1-2H3;1-3H;1-4H2. The number of nitrogens with two attached hydrogens (primary N) is 2. The summed E-state index contributed by atoms with van der Waals surface area (Å²) in [5.41, 5.74) is 16.2. The Morgan fingerprint density at radius 1 is 0.397 bits per heavy atom. The molecule has 714 valence electrons. The number of imidazole rings is 1. The number of rotatable bonds is 15. The number of amides is 4. The first-order chi connectivity index (χ1) is 64.8. The lowest BCUT2D eigenvalue weighted by Crippen LogP contribution is -2.44. The summed E-state index contributed by atoms with van der Waals surface area (Å²) < 4.78 is 95.6. The third kappa shape index (κ3) is 23.1. The van der Waals surface area contributed by atoms with Crippen LogP contribution in [0.1, 0.15) is 246 Å². The van der Waals surface area contributed by atoms with Crippen molar-refractivity contribution in [3.8, 4) is 24.3 Å². The third-order valence-corrected chi connectivity index (χ3v) is 26.6. The number of nitrogen functional groups attached to an aromatic ring is 1. The molecule has 7 N–H and O–H groups in total. The Kier molecular flexibility index (Phi) is 31.1. The summed E-state index contributed by atoms with van der Waals surface area (Å²) in [5.74, 6) is -2.16. The fourth-order valence-corrected chi connectivity index (χ4v) is 20.2. The molecular weight excluding hydrogens is 1760 g/mol. The number of aromatic nitrogens is 2. The molecule has 4 unspecified atom stereocenters. The van der Waals surface area contributed by atoms with Crippen LogP contribution in [0.3, 0.4) is 0 Å². The monoisotopic (exact) mass is 1870 g/mol. The molecule has 6 heterocycles. The number of halogens is 5. The van der Waals surface area contributed by atoms with Gasteiger partial charge in [-0.2, -0.15) is 25.4 Å². The van der Waals surface area contributed by atoms with E-state index in [0.717, 1.165) is 136 Å². The second-order valence-corrected chi connectivity index (χ2v) is 37.7. The minimum atomic E-state index is -0.931. The molecule has 9 aliphatic rings. The number of hydrogen-bond acceptors (Lipinski definition) is 22. The minimum Gasteiger partial charge on any atom is -0.441 e. The number of nitrogens with one attached hydrogen (secondary N) is 3. The Bertz CT molecular complexity index is 6050. The van der Waals surface area contributed by atoms with Crippen LogP contribution < -0.4 is 27.8 Å². The fourth-order valence-electron chi connectivity index (χ4n) is 20.2. The Hall–Kier alpha value is -14.2. The molecule has 4 saturated carbocycles. The Labute approximate surface area is 784 Å². The van der Waals surface area contributed by atoms with E-state index in [1.54, 1.807) is 105 Å². The van der Waals surface area contributed by atoms with Gasteiger partial charge in [0.2, 0.25) is 5.82 Å². The van der Waals surface area contributed by atoms with E-state index in [4.69, 9.17) is 56.2 Å². The van der Waals surface area contributed by atoms with Crippen molar-refractivity contribution in [1.29, 1.82) is 21.0 Å². The topological polar surface area (TPSA) is 423 Å². The summed E-state index contributed by atoms with van der Waals surface area (Å²) >= 11 is 0. The highest BCUT2D eigenvalue weighted by atomic mass is 19.1. The van der Waals surface area contributed by atoms with Crippen LogP contribution in [0, 0.1) is 94.6 Å². The zero-order chi connectivity index (χ0) is 97.8. The number of H-pyrrole nitrogens is 1. The molecule has 4 atom stereocenters. The maximum absolute atomic E-state index is 13.5. The molecule has 5 aliphatic heterocycles. The molecule has 18 rings (SSSR count). The van der Waals surface area contributed by atoms with E-state index in [0.29, 0.717) is 53.7 Å². The summed E-state index contributed by atoms with van der Waals surface area (Å²) in [6.07, 6.45) is 14.0. The van der Waals surface area contributed by atoms with Crippen molar-refractivity contribution >= 4 is 63.8 Å². The summed E-state index contributed by atoms with van der Waals surface area (Å²) in [6, 6.07) is 50.2. The van der Waals surface area contributed by atoms with Crippen LogP contribution in [0.4, 0.5) is 69.6 Å². The largest absolute Gasteiger partial charge is 0.441 e. The zero-order valence-corrected chi connectivity index (χ0v) is 76.9. The van der Waals surface area contributed by atoms with Gasteiger partial charge in [-0.1, -0.05) is 48.5 Å². The van der Waals surface area contributed by atoms with Gasteiger partial charge in [-0.3, -0.25) is 44.4 Å². The van der Waals surface area contributed by atoms with Gasteiger partial charge in [-0.25, -0.2) is 41.5 Å². The van der Waals surface area contributed by atoms with Gasteiger partial charge >= 0.3 is 35.8 Å². The molecule has 5 saturated heterocycles. The number of cyclic esters (lactones) is 4. The van der Waals surface area contributed by atoms with Crippen molar-refractivity contribution in [3.63, 3.8) is 0 Å². The number of nitrogens with zero attached hydrogens (tertiary/aromatic N) is 11. The molecule has 30 nitrogen and oxygen atoms in total. The van der Waals surface area contributed by atoms with E-state index >= 15 is 0 Å². The van der Waals surface area contributed by atoms with E-state index in [1.807, 2.05) is 83.4 Å². The number of carbonyl (C=O) groups excluding carboxylic acids is 4. The van der Waals surface area contributed by atoms with Gasteiger partial charge < -0.3 is 50.8 Å². The first kappa shape index (κ1) is 99.3. The van der Waals surface area contributed by atoms with E-state index in [1.165, 1.54) is 73.5 Å². The van der Waals surface area contributed by atoms with Crippen molar-refractivity contribution in [2.45, 2.75) is 266 Å². The van der Waals surface area contributed by atoms with E-state index in [-0.39, 0.29) is 143 Å². The molecule has 4 aliphatic carbocycles. The minimum absolute atomic E-state index is 0.00351. The van der Waals surface area contributed by atoms with Crippen LogP contribution in [-0.4, -0.2) is 141 Å². The first-order valence-corrected chi connectivity index (χ1v) is 45.7. The predicted molar refractivity (Wildman–Crippen MR) is 495 cm³/mol. The highest BCUT2D eigenvalue weighted by Crippen LogP contribution is 2.51. The van der Waals surface area contributed by atoms with Gasteiger partial charge in [0, 0.05) is 73.7 Å². The first-order valence-electron chi connectivity index (χ1n) is 45.7. The van der Waals surface area contributed by atoms with Gasteiger partial charge in [0.15, 0.2) is 0 Å². The summed E-state index contributed by atoms with van der Waals surface area (Å²) in [5, 5.41) is 63.8. The van der Waals surface area contributed by atoms with Gasteiger partial charge in [0.05, 0.1) is 103 Å². The molecule has 1 aromatic heterocycles. The lowest BCUT2D eigenvalue weighted by Gasteiger charge is -2.38. The number of hydrogen-bond donors (Lipinski definition) is 5. The average molecular weight is 1870 g/mol. The normalized spacial score (nSPS) is 24.2. The van der Waals surface area contributed by atoms with Gasteiger partial charge in [-0.05, 0) is 302 Å². The molecule has 4 amide bonds. The molecule has 0 radical (unpaired) electrons. The van der Waals surface area contributed by atoms with Gasteiger partial charge in [0.1, 0.15) is 51.4 Å². The van der Waals surface area contributed by atoms with Crippen LogP contribution in [0.5, 0.6) is 0 Å². The lowest BCUT2D eigenvalue weighted by molar-refractivity contribution is -0.387. The quantitative estimate of drug-likeness (QED) is 0.0209. The SMILES string of the molecule is C1CCOC1.CC1(C)OC(=O)N(C2CCC(N)CC2)C1c1ccc(F)cc1.CC1(C)OC(=O)N(C2CCC(Nc3ccc(C#N)cc3N)CC2)C1c1ccc(F)cc1.CC1(C)OC(=O)N(C2CCC(Nc3ccc(C#N)cc3[N+](=O)[O-])CC2)C1c1ccc(F)cc1.CC1(C)OC(=O)N(C2CCC(n3c(=O)[nH]c4cc(C#N)ccc43)CC2)C1c1ccc(F)cc1.N#Cc1ccc(F)c([N+](=O)[O-])c1. The van der Waals surface area contributed by atoms with Crippen LogP contribution in [0.25, 0.3) is 11.0 Å². The number of nitro benzene ring substituents is 2. The molecule has 35 heteroatoms. The van der Waals surface area contributed by atoms with Gasteiger partial charge in [0.25, 0.3) is 5.69 Å². The number of benzene rings is 8. The molecule has 0 spiro atoms. The number of ether oxygens (including phenoxy) is 5. The second kappa shape index (κ2) is 42.6. The molecule has 9 aromatic rings.